The summed E-state index contributed by atoms with van der Waals surface area (Å²) in [6, 6.07) is 0.944. The number of aliphatic hydroxyl groups is 2. The lowest BCUT2D eigenvalue weighted by Gasteiger charge is -2.33. The van der Waals surface area contributed by atoms with Crippen molar-refractivity contribution in [2.75, 3.05) is 6.61 Å². The Kier molecular flexibility index (Phi) is 7.04. The highest BCUT2D eigenvalue weighted by Crippen LogP contribution is 2.58. The SMILES string of the molecule is CC(C)O[C@]1(COP(=O)(O)OP(=O)(O)O)O[C@@H](n2ccc(=O)[nH]c2=O)[C@H](O)[C@@H]1O. The number of nitrogens with one attached hydrogen (secondary N) is 1. The molecule has 1 aliphatic heterocycles. The van der Waals surface area contributed by atoms with Gasteiger partial charge in [-0.3, -0.25) is 18.9 Å². The average Bonchev–Trinajstić information content (AvgIpc) is 2.76. The molecule has 1 fully saturated rings. The molecule has 1 aromatic rings. The van der Waals surface area contributed by atoms with Crippen LogP contribution in [0.3, 0.4) is 0 Å². The van der Waals surface area contributed by atoms with E-state index in [0.29, 0.717) is 0 Å². The van der Waals surface area contributed by atoms with E-state index in [4.69, 9.17) is 19.3 Å². The monoisotopic (exact) mass is 462 g/mol. The average molecular weight is 462 g/mol. The summed E-state index contributed by atoms with van der Waals surface area (Å²) in [5, 5.41) is 20.7. The first-order chi connectivity index (χ1) is 13.2. The molecule has 0 radical (unpaired) electrons. The second-order valence-electron chi connectivity index (χ2n) is 6.25. The number of aromatic amines is 1. The second kappa shape index (κ2) is 8.49. The van der Waals surface area contributed by atoms with Crippen LogP contribution in [0.5, 0.6) is 0 Å². The molecule has 166 valence electrons. The highest BCUT2D eigenvalue weighted by molar-refractivity contribution is 7.60. The number of H-pyrrole nitrogens is 1. The van der Waals surface area contributed by atoms with Gasteiger partial charge in [0.1, 0.15) is 18.8 Å². The predicted molar refractivity (Wildman–Crippen MR) is 91.3 cm³/mol. The van der Waals surface area contributed by atoms with Crippen molar-refractivity contribution in [2.45, 2.75) is 44.2 Å². The quantitative estimate of drug-likeness (QED) is 0.233. The van der Waals surface area contributed by atoms with E-state index in [1.807, 2.05) is 4.98 Å². The minimum atomic E-state index is -5.41. The van der Waals surface area contributed by atoms with Crippen LogP contribution in [0.2, 0.25) is 0 Å². The maximum Gasteiger partial charge on any atom is 0.481 e. The minimum Gasteiger partial charge on any atom is -0.385 e. The van der Waals surface area contributed by atoms with Gasteiger partial charge in [0, 0.05) is 12.3 Å². The fourth-order valence-corrected chi connectivity index (χ4v) is 4.20. The molecule has 2 heterocycles. The van der Waals surface area contributed by atoms with Gasteiger partial charge in [-0.2, -0.15) is 4.31 Å². The van der Waals surface area contributed by atoms with Crippen LogP contribution < -0.4 is 11.2 Å². The molecule has 17 heteroatoms. The number of hydrogen-bond donors (Lipinski definition) is 6. The first-order valence-electron chi connectivity index (χ1n) is 7.93. The van der Waals surface area contributed by atoms with Gasteiger partial charge in [0.15, 0.2) is 6.23 Å². The number of aromatic nitrogens is 2. The van der Waals surface area contributed by atoms with Gasteiger partial charge in [0.2, 0.25) is 5.79 Å². The Morgan fingerprint density at radius 3 is 2.41 bits per heavy atom. The van der Waals surface area contributed by atoms with Gasteiger partial charge in [-0.05, 0) is 13.8 Å². The molecule has 29 heavy (non-hydrogen) atoms. The van der Waals surface area contributed by atoms with Crippen molar-refractivity contribution < 1.29 is 52.3 Å². The van der Waals surface area contributed by atoms with E-state index < -0.39 is 63.8 Å². The summed E-state index contributed by atoms with van der Waals surface area (Å²) in [7, 11) is -10.7. The molecule has 0 saturated carbocycles. The van der Waals surface area contributed by atoms with Gasteiger partial charge in [0.05, 0.1) is 6.10 Å². The van der Waals surface area contributed by atoms with Crippen LogP contribution in [0.1, 0.15) is 20.1 Å². The van der Waals surface area contributed by atoms with Gasteiger partial charge in [0.25, 0.3) is 5.56 Å². The Morgan fingerprint density at radius 2 is 1.90 bits per heavy atom. The Labute approximate surface area is 162 Å². The molecule has 1 unspecified atom stereocenters. The topological polar surface area (TPSA) is 227 Å². The summed E-state index contributed by atoms with van der Waals surface area (Å²) in [5.41, 5.74) is -1.73. The smallest absolute Gasteiger partial charge is 0.385 e. The molecule has 0 spiro atoms. The minimum absolute atomic E-state index is 0.715. The third-order valence-corrected chi connectivity index (χ3v) is 5.72. The van der Waals surface area contributed by atoms with Crippen LogP contribution >= 0.6 is 15.6 Å². The van der Waals surface area contributed by atoms with E-state index in [0.717, 1.165) is 16.8 Å². The van der Waals surface area contributed by atoms with Crippen LogP contribution in [-0.2, 0) is 27.4 Å². The predicted octanol–water partition coefficient (Wildman–Crippen LogP) is -1.87. The number of phosphoric ester groups is 1. The van der Waals surface area contributed by atoms with Crippen molar-refractivity contribution >= 4 is 15.6 Å². The van der Waals surface area contributed by atoms with E-state index in [-0.39, 0.29) is 0 Å². The largest absolute Gasteiger partial charge is 0.481 e. The molecule has 5 atom stereocenters. The van der Waals surface area contributed by atoms with Gasteiger partial charge >= 0.3 is 21.3 Å². The highest BCUT2D eigenvalue weighted by atomic mass is 31.3. The third-order valence-electron chi connectivity index (χ3n) is 3.59. The molecule has 0 bridgehead atoms. The Morgan fingerprint density at radius 1 is 1.28 bits per heavy atom. The van der Waals surface area contributed by atoms with E-state index in [1.54, 1.807) is 0 Å². The summed E-state index contributed by atoms with van der Waals surface area (Å²) in [6.07, 6.45) is -5.14. The Bertz CT molecular complexity index is 938. The lowest BCUT2D eigenvalue weighted by molar-refractivity contribution is -0.292. The van der Waals surface area contributed by atoms with Crippen LogP contribution in [0.15, 0.2) is 21.9 Å². The van der Waals surface area contributed by atoms with Crippen LogP contribution in [0.25, 0.3) is 0 Å². The summed E-state index contributed by atoms with van der Waals surface area (Å²) in [6.45, 7) is 1.83. The van der Waals surface area contributed by atoms with Crippen molar-refractivity contribution in [2.24, 2.45) is 0 Å². The van der Waals surface area contributed by atoms with Crippen molar-refractivity contribution in [3.63, 3.8) is 0 Å². The van der Waals surface area contributed by atoms with Gasteiger partial charge in [-0.15, -0.1) is 0 Å². The van der Waals surface area contributed by atoms with E-state index in [2.05, 4.69) is 8.83 Å². The molecule has 6 N–H and O–H groups in total. The van der Waals surface area contributed by atoms with Crippen LogP contribution in [-0.4, -0.2) is 65.2 Å². The number of hydrogen-bond acceptors (Lipinski definition) is 10. The Hall–Kier alpha value is -1.22. The standard InChI is InChI=1S/C12H20N2O13P2/c1-6(2)25-12(5-24-29(22,23)27-28(19,20)21)9(17)8(16)10(26-12)14-4-3-7(15)13-11(14)18/h3-4,6,8-10,16-17H,5H2,1-2H3,(H,22,23)(H,13,15,18)(H2,19,20,21)/t8-,9+,10-,12-/m1/s1. The van der Waals surface area contributed by atoms with Crippen molar-refractivity contribution in [1.82, 2.24) is 9.55 Å². The van der Waals surface area contributed by atoms with Crippen molar-refractivity contribution in [3.05, 3.63) is 33.1 Å². The van der Waals surface area contributed by atoms with Gasteiger partial charge in [-0.25, -0.2) is 13.9 Å². The fraction of sp³-hybridized carbons (Fsp3) is 0.667. The highest BCUT2D eigenvalue weighted by Gasteiger charge is 2.58. The van der Waals surface area contributed by atoms with E-state index in [9.17, 15) is 33.8 Å². The normalized spacial score (nSPS) is 29.9. The summed E-state index contributed by atoms with van der Waals surface area (Å²) in [4.78, 5) is 51.8. The molecule has 1 saturated heterocycles. The maximum absolute atomic E-state index is 12.0. The number of rotatable bonds is 8. The molecule has 1 aliphatic rings. The second-order valence-corrected chi connectivity index (χ2v) is 9.08. The van der Waals surface area contributed by atoms with Crippen molar-refractivity contribution in [3.8, 4) is 0 Å². The Balaban J connectivity index is 2.35. The molecular weight excluding hydrogens is 442 g/mol. The summed E-state index contributed by atoms with van der Waals surface area (Å²) in [5.74, 6) is -2.34. The molecule has 0 aliphatic carbocycles. The summed E-state index contributed by atoms with van der Waals surface area (Å²) < 4.78 is 42.1. The zero-order valence-electron chi connectivity index (χ0n) is 15.0. The zero-order chi connectivity index (χ0) is 22.2. The van der Waals surface area contributed by atoms with Gasteiger partial charge < -0.3 is 34.4 Å². The van der Waals surface area contributed by atoms with Gasteiger partial charge in [-0.1, -0.05) is 0 Å². The molecule has 0 aromatic carbocycles. The molecular formula is C12H20N2O13P2. The first-order valence-corrected chi connectivity index (χ1v) is 11.0. The van der Waals surface area contributed by atoms with E-state index >= 15 is 0 Å². The molecule has 0 amide bonds. The number of ether oxygens (including phenoxy) is 2. The first kappa shape index (κ1) is 24.1. The zero-order valence-corrected chi connectivity index (χ0v) is 16.8. The summed E-state index contributed by atoms with van der Waals surface area (Å²) >= 11 is 0. The molecule has 15 nitrogen and oxygen atoms in total. The van der Waals surface area contributed by atoms with Crippen molar-refractivity contribution in [1.29, 1.82) is 0 Å². The van der Waals surface area contributed by atoms with E-state index in [1.165, 1.54) is 13.8 Å². The number of nitrogens with zero attached hydrogens (tertiary/aromatic N) is 1. The number of aliphatic hydroxyl groups excluding tert-OH is 2. The maximum atomic E-state index is 12.0. The number of phosphoric acid groups is 2. The van der Waals surface area contributed by atoms with Crippen LogP contribution in [0, 0.1) is 0 Å². The fourth-order valence-electron chi connectivity index (χ4n) is 2.59. The molecule has 2 rings (SSSR count). The molecule has 1 aromatic heterocycles. The lowest BCUT2D eigenvalue weighted by Crippen LogP contribution is -2.50. The third kappa shape index (κ3) is 5.90. The lowest BCUT2D eigenvalue weighted by atomic mass is 10.1. The van der Waals surface area contributed by atoms with Crippen LogP contribution in [0.4, 0.5) is 0 Å².